The van der Waals surface area contributed by atoms with E-state index in [0.29, 0.717) is 13.0 Å². The van der Waals surface area contributed by atoms with Crippen molar-refractivity contribution in [2.45, 2.75) is 39.2 Å². The van der Waals surface area contributed by atoms with Crippen LogP contribution in [0.1, 0.15) is 32.8 Å². The molecular formula is C25H31NO5. The number of aliphatic hydroxyl groups excluding tert-OH is 1. The maximum absolute atomic E-state index is 12.4. The minimum atomic E-state index is -1.37. The number of nitrogens with zero attached hydrogens (tertiary/aromatic N) is 1. The lowest BCUT2D eigenvalue weighted by Crippen LogP contribution is -2.46. The summed E-state index contributed by atoms with van der Waals surface area (Å²) in [5.41, 5.74) is 0.900. The molecule has 31 heavy (non-hydrogen) atoms. The van der Waals surface area contributed by atoms with Gasteiger partial charge in [-0.25, -0.2) is 4.79 Å². The molecule has 1 amide bonds. The molecule has 1 unspecified atom stereocenters. The largest absolute Gasteiger partial charge is 0.481 e. The van der Waals surface area contributed by atoms with Gasteiger partial charge in [0.1, 0.15) is 5.60 Å². The average molecular weight is 426 g/mol. The predicted octanol–water partition coefficient (Wildman–Crippen LogP) is 4.22. The molecule has 3 rings (SSSR count). The van der Waals surface area contributed by atoms with Gasteiger partial charge in [-0.05, 0) is 56.2 Å². The third kappa shape index (κ3) is 5.25. The smallest absolute Gasteiger partial charge is 0.410 e. The number of benzene rings is 2. The Morgan fingerprint density at radius 3 is 2.35 bits per heavy atom. The molecule has 1 aliphatic heterocycles. The van der Waals surface area contributed by atoms with Crippen molar-refractivity contribution in [1.29, 1.82) is 0 Å². The van der Waals surface area contributed by atoms with Crippen LogP contribution in [-0.2, 0) is 16.0 Å². The molecule has 2 aromatic carbocycles. The van der Waals surface area contributed by atoms with Crippen LogP contribution in [0.5, 0.6) is 0 Å². The molecule has 2 N–H and O–H groups in total. The van der Waals surface area contributed by atoms with Gasteiger partial charge in [-0.15, -0.1) is 0 Å². The van der Waals surface area contributed by atoms with E-state index < -0.39 is 29.7 Å². The second-order valence-corrected chi connectivity index (χ2v) is 9.27. The first-order valence-electron chi connectivity index (χ1n) is 10.6. The number of ether oxygens (including phenoxy) is 1. The van der Waals surface area contributed by atoms with Gasteiger partial charge in [-0.2, -0.15) is 0 Å². The monoisotopic (exact) mass is 425 g/mol. The van der Waals surface area contributed by atoms with Crippen LogP contribution in [0, 0.1) is 11.3 Å². The van der Waals surface area contributed by atoms with Gasteiger partial charge in [0.15, 0.2) is 0 Å². The Bertz CT molecular complexity index is 921. The number of carboxylic acid groups (broad SMARTS) is 1. The van der Waals surface area contributed by atoms with Crippen LogP contribution in [0.2, 0.25) is 0 Å². The molecule has 1 fully saturated rings. The molecule has 1 aliphatic rings. The fourth-order valence-corrected chi connectivity index (χ4v) is 4.21. The minimum Gasteiger partial charge on any atom is -0.481 e. The highest BCUT2D eigenvalue weighted by Crippen LogP contribution is 2.39. The first-order chi connectivity index (χ1) is 14.6. The third-order valence-electron chi connectivity index (χ3n) is 5.88. The number of carbonyl (C=O) groups excluding carboxylic acids is 1. The highest BCUT2D eigenvalue weighted by molar-refractivity contribution is 5.77. The van der Waals surface area contributed by atoms with Crippen molar-refractivity contribution in [1.82, 2.24) is 4.90 Å². The van der Waals surface area contributed by atoms with Crippen LogP contribution in [-0.4, -0.2) is 52.5 Å². The van der Waals surface area contributed by atoms with Crippen molar-refractivity contribution < 1.29 is 24.5 Å². The topological polar surface area (TPSA) is 87.1 Å². The molecular weight excluding hydrogens is 394 g/mol. The van der Waals surface area contributed by atoms with E-state index in [4.69, 9.17) is 4.74 Å². The summed E-state index contributed by atoms with van der Waals surface area (Å²) in [4.78, 5) is 26.4. The Kier molecular flexibility index (Phi) is 6.70. The minimum absolute atomic E-state index is 0.187. The molecule has 0 aliphatic carbocycles. The normalized spacial score (nSPS) is 18.5. The van der Waals surface area contributed by atoms with E-state index >= 15 is 0 Å². The molecule has 1 saturated heterocycles. The number of aliphatic hydroxyl groups is 1. The molecule has 0 bridgehead atoms. The summed E-state index contributed by atoms with van der Waals surface area (Å²) in [6.07, 6.45) is 0.245. The Labute approximate surface area is 183 Å². The molecule has 166 valence electrons. The number of amides is 1. The Balaban J connectivity index is 1.83. The van der Waals surface area contributed by atoms with Crippen LogP contribution in [0.25, 0.3) is 11.1 Å². The third-order valence-corrected chi connectivity index (χ3v) is 5.88. The number of rotatable bonds is 6. The lowest BCUT2D eigenvalue weighted by Gasteiger charge is -2.34. The predicted molar refractivity (Wildman–Crippen MR) is 119 cm³/mol. The number of carboxylic acids is 1. The highest BCUT2D eigenvalue weighted by atomic mass is 16.6. The summed E-state index contributed by atoms with van der Waals surface area (Å²) < 4.78 is 5.44. The first kappa shape index (κ1) is 22.8. The summed E-state index contributed by atoms with van der Waals surface area (Å²) in [5.74, 6) is -1.42. The van der Waals surface area contributed by atoms with E-state index in [1.807, 2.05) is 54.6 Å². The van der Waals surface area contributed by atoms with E-state index in [1.54, 1.807) is 25.7 Å². The van der Waals surface area contributed by atoms with E-state index in [0.717, 1.165) is 16.7 Å². The standard InChI is InChI=1S/C25H31NO5/c1-24(2,3)31-23(30)26-13-12-21(16-26)25(17-27,22(28)29)15-18-8-7-11-20(14-18)19-9-5-4-6-10-19/h4-11,14,21,27H,12-13,15-17H2,1-3H3,(H,28,29)/t21-,25?/m0/s1. The molecule has 0 saturated carbocycles. The fourth-order valence-electron chi connectivity index (χ4n) is 4.21. The Hall–Kier alpha value is -2.86. The number of likely N-dealkylation sites (tertiary alicyclic amines) is 1. The van der Waals surface area contributed by atoms with Crippen molar-refractivity contribution >= 4 is 12.1 Å². The molecule has 0 aromatic heterocycles. The zero-order chi connectivity index (χ0) is 22.6. The number of hydrogen-bond acceptors (Lipinski definition) is 4. The number of hydrogen-bond donors (Lipinski definition) is 2. The maximum Gasteiger partial charge on any atom is 0.410 e. The van der Waals surface area contributed by atoms with Crippen LogP contribution in [0.3, 0.4) is 0 Å². The zero-order valence-electron chi connectivity index (χ0n) is 18.4. The quantitative estimate of drug-likeness (QED) is 0.724. The fraction of sp³-hybridized carbons (Fsp3) is 0.440. The van der Waals surface area contributed by atoms with Crippen LogP contribution < -0.4 is 0 Å². The SMILES string of the molecule is CC(C)(C)OC(=O)N1CC[C@H](C(CO)(Cc2cccc(-c3ccccc3)c2)C(=O)O)C1. The zero-order valence-corrected chi connectivity index (χ0v) is 18.4. The van der Waals surface area contributed by atoms with Crippen molar-refractivity contribution in [3.05, 3.63) is 60.2 Å². The summed E-state index contributed by atoms with van der Waals surface area (Å²) in [5, 5.41) is 20.4. The van der Waals surface area contributed by atoms with Gasteiger partial charge in [0.25, 0.3) is 0 Å². The molecule has 6 heteroatoms. The Morgan fingerprint density at radius 2 is 1.74 bits per heavy atom. The van der Waals surface area contributed by atoms with Gasteiger partial charge in [0, 0.05) is 13.1 Å². The highest BCUT2D eigenvalue weighted by Gasteiger charge is 2.49. The molecule has 0 radical (unpaired) electrons. The van der Waals surface area contributed by atoms with Gasteiger partial charge >= 0.3 is 12.1 Å². The summed E-state index contributed by atoms with van der Waals surface area (Å²) in [7, 11) is 0. The maximum atomic E-state index is 12.4. The van der Waals surface area contributed by atoms with Gasteiger partial charge in [0.2, 0.25) is 0 Å². The van der Waals surface area contributed by atoms with Gasteiger partial charge in [-0.1, -0.05) is 54.6 Å². The van der Waals surface area contributed by atoms with Crippen molar-refractivity contribution in [2.24, 2.45) is 11.3 Å². The lowest BCUT2D eigenvalue weighted by atomic mass is 9.71. The second-order valence-electron chi connectivity index (χ2n) is 9.27. The van der Waals surface area contributed by atoms with Crippen LogP contribution >= 0.6 is 0 Å². The van der Waals surface area contributed by atoms with E-state index in [1.165, 1.54) is 0 Å². The van der Waals surface area contributed by atoms with Gasteiger partial charge < -0.3 is 19.8 Å². The van der Waals surface area contributed by atoms with Crippen LogP contribution in [0.4, 0.5) is 4.79 Å². The van der Waals surface area contributed by atoms with Gasteiger partial charge in [-0.3, -0.25) is 4.79 Å². The molecule has 1 heterocycles. The molecule has 2 aromatic rings. The van der Waals surface area contributed by atoms with E-state index in [9.17, 15) is 19.8 Å². The van der Waals surface area contributed by atoms with Crippen molar-refractivity contribution in [3.8, 4) is 11.1 Å². The van der Waals surface area contributed by atoms with E-state index in [2.05, 4.69) is 0 Å². The Morgan fingerprint density at radius 1 is 1.06 bits per heavy atom. The van der Waals surface area contributed by atoms with Crippen LogP contribution in [0.15, 0.2) is 54.6 Å². The van der Waals surface area contributed by atoms with Crippen molar-refractivity contribution in [2.75, 3.05) is 19.7 Å². The van der Waals surface area contributed by atoms with Gasteiger partial charge in [0.05, 0.1) is 12.0 Å². The molecule has 6 nitrogen and oxygen atoms in total. The summed E-state index contributed by atoms with van der Waals surface area (Å²) in [6.45, 7) is 5.57. The molecule has 0 spiro atoms. The average Bonchev–Trinajstić information content (AvgIpc) is 3.22. The van der Waals surface area contributed by atoms with Crippen molar-refractivity contribution in [3.63, 3.8) is 0 Å². The lowest BCUT2D eigenvalue weighted by molar-refractivity contribution is -0.155. The second kappa shape index (κ2) is 9.10. The first-order valence-corrected chi connectivity index (χ1v) is 10.6. The number of carbonyl (C=O) groups is 2. The summed E-state index contributed by atoms with van der Waals surface area (Å²) in [6, 6.07) is 17.6. The number of aliphatic carboxylic acids is 1. The summed E-state index contributed by atoms with van der Waals surface area (Å²) >= 11 is 0. The molecule has 2 atom stereocenters. The van der Waals surface area contributed by atoms with E-state index in [-0.39, 0.29) is 18.9 Å².